The smallest absolute Gasteiger partial charge is 0.341 e. The van der Waals surface area contributed by atoms with E-state index in [0.717, 1.165) is 17.5 Å². The van der Waals surface area contributed by atoms with E-state index in [0.29, 0.717) is 30.2 Å². The van der Waals surface area contributed by atoms with E-state index in [-0.39, 0.29) is 19.0 Å². The standard InChI is InChI=1S/C22H29N3O4/c1-3-17-5-7-18(8-6-17)19-9-11-20(12-10-19)21(26)23-14-15-25(28)22(27)24-13-4-16-29-2/h5-12,28H,3-4,13-16H2,1-2H3,(H,23,26)(H,24,27). The second-order valence-electron chi connectivity index (χ2n) is 6.59. The van der Waals surface area contributed by atoms with Crippen LogP contribution in [-0.4, -0.2) is 55.6 Å². The lowest BCUT2D eigenvalue weighted by atomic mass is 10.0. The third-order valence-corrected chi connectivity index (χ3v) is 4.49. The maximum Gasteiger partial charge on any atom is 0.341 e. The Balaban J connectivity index is 1.78. The van der Waals surface area contributed by atoms with Gasteiger partial charge in [0.25, 0.3) is 5.91 Å². The van der Waals surface area contributed by atoms with Crippen LogP contribution in [0.3, 0.4) is 0 Å². The first-order chi connectivity index (χ1) is 14.0. The number of nitrogens with one attached hydrogen (secondary N) is 2. The molecule has 0 heterocycles. The summed E-state index contributed by atoms with van der Waals surface area (Å²) in [7, 11) is 1.58. The van der Waals surface area contributed by atoms with Crippen molar-refractivity contribution in [2.24, 2.45) is 0 Å². The van der Waals surface area contributed by atoms with Crippen LogP contribution >= 0.6 is 0 Å². The van der Waals surface area contributed by atoms with E-state index < -0.39 is 6.03 Å². The number of hydroxylamine groups is 2. The number of rotatable bonds is 10. The highest BCUT2D eigenvalue weighted by molar-refractivity contribution is 5.94. The number of hydrogen-bond acceptors (Lipinski definition) is 4. The Morgan fingerprint density at radius 3 is 2.17 bits per heavy atom. The zero-order valence-corrected chi connectivity index (χ0v) is 17.0. The third-order valence-electron chi connectivity index (χ3n) is 4.49. The summed E-state index contributed by atoms with van der Waals surface area (Å²) in [5.41, 5.74) is 3.94. The normalized spacial score (nSPS) is 10.4. The van der Waals surface area contributed by atoms with Crippen LogP contribution in [0.1, 0.15) is 29.3 Å². The fourth-order valence-corrected chi connectivity index (χ4v) is 2.73. The number of nitrogens with zero attached hydrogens (tertiary/aromatic N) is 1. The predicted molar refractivity (Wildman–Crippen MR) is 112 cm³/mol. The first kappa shape index (κ1) is 22.4. The van der Waals surface area contributed by atoms with Crippen LogP contribution in [-0.2, 0) is 11.2 Å². The zero-order chi connectivity index (χ0) is 21.1. The van der Waals surface area contributed by atoms with Crippen LogP contribution in [0.5, 0.6) is 0 Å². The van der Waals surface area contributed by atoms with Gasteiger partial charge in [0, 0.05) is 32.4 Å². The summed E-state index contributed by atoms with van der Waals surface area (Å²) < 4.78 is 4.88. The van der Waals surface area contributed by atoms with Crippen molar-refractivity contribution in [1.29, 1.82) is 0 Å². The van der Waals surface area contributed by atoms with Crippen LogP contribution in [0.2, 0.25) is 0 Å². The summed E-state index contributed by atoms with van der Waals surface area (Å²) in [5, 5.41) is 15.5. The SMILES string of the molecule is CCc1ccc(-c2ccc(C(=O)NCCN(O)C(=O)NCCCOC)cc2)cc1. The average molecular weight is 399 g/mol. The molecule has 0 spiro atoms. The van der Waals surface area contributed by atoms with Gasteiger partial charge in [-0.3, -0.25) is 10.0 Å². The lowest BCUT2D eigenvalue weighted by Crippen LogP contribution is -2.42. The van der Waals surface area contributed by atoms with Crippen LogP contribution in [0.4, 0.5) is 4.79 Å². The lowest BCUT2D eigenvalue weighted by Gasteiger charge is -2.16. The first-order valence-electron chi connectivity index (χ1n) is 9.76. The number of hydrogen-bond donors (Lipinski definition) is 3. The Hall–Kier alpha value is -2.90. The molecule has 0 aromatic heterocycles. The molecule has 156 valence electrons. The minimum absolute atomic E-state index is 0.0102. The van der Waals surface area contributed by atoms with Crippen molar-refractivity contribution in [3.63, 3.8) is 0 Å². The van der Waals surface area contributed by atoms with Crippen LogP contribution < -0.4 is 10.6 Å². The molecular formula is C22H29N3O4. The van der Waals surface area contributed by atoms with E-state index in [9.17, 15) is 14.8 Å². The minimum Gasteiger partial charge on any atom is -0.385 e. The van der Waals surface area contributed by atoms with Crippen LogP contribution in [0.25, 0.3) is 11.1 Å². The largest absolute Gasteiger partial charge is 0.385 e. The lowest BCUT2D eigenvalue weighted by molar-refractivity contribution is -0.0415. The van der Waals surface area contributed by atoms with Crippen LogP contribution in [0.15, 0.2) is 48.5 Å². The van der Waals surface area contributed by atoms with Gasteiger partial charge >= 0.3 is 6.03 Å². The van der Waals surface area contributed by atoms with E-state index in [1.807, 2.05) is 12.1 Å². The average Bonchev–Trinajstić information content (AvgIpc) is 2.76. The predicted octanol–water partition coefficient (Wildman–Crippen LogP) is 3.08. The number of carbonyl (C=O) groups is 2. The molecule has 2 rings (SSSR count). The molecule has 2 aromatic rings. The molecule has 0 saturated heterocycles. The van der Waals surface area contributed by atoms with E-state index in [1.165, 1.54) is 5.56 Å². The highest BCUT2D eigenvalue weighted by Crippen LogP contribution is 2.20. The van der Waals surface area contributed by atoms with E-state index in [2.05, 4.69) is 41.8 Å². The molecule has 3 amide bonds. The molecule has 0 unspecified atom stereocenters. The highest BCUT2D eigenvalue weighted by atomic mass is 16.5. The topological polar surface area (TPSA) is 90.9 Å². The quantitative estimate of drug-likeness (QED) is 0.325. The minimum atomic E-state index is -0.603. The summed E-state index contributed by atoms with van der Waals surface area (Å²) in [6.45, 7) is 3.19. The molecule has 0 bridgehead atoms. The van der Waals surface area contributed by atoms with E-state index in [4.69, 9.17) is 4.74 Å². The fourth-order valence-electron chi connectivity index (χ4n) is 2.73. The van der Waals surface area contributed by atoms with E-state index in [1.54, 1.807) is 19.2 Å². The number of amides is 3. The Bertz CT molecular complexity index is 776. The first-order valence-corrected chi connectivity index (χ1v) is 9.76. The Kier molecular flexibility index (Phi) is 9.14. The van der Waals surface area contributed by atoms with Gasteiger partial charge in [-0.25, -0.2) is 9.86 Å². The second kappa shape index (κ2) is 11.8. The van der Waals surface area contributed by atoms with Gasteiger partial charge in [-0.2, -0.15) is 0 Å². The second-order valence-corrected chi connectivity index (χ2v) is 6.59. The van der Waals surface area contributed by atoms with Crippen molar-refractivity contribution in [3.05, 3.63) is 59.7 Å². The van der Waals surface area contributed by atoms with Crippen molar-refractivity contribution in [2.45, 2.75) is 19.8 Å². The van der Waals surface area contributed by atoms with Gasteiger partial charge in [-0.15, -0.1) is 0 Å². The van der Waals surface area contributed by atoms with Gasteiger partial charge in [0.2, 0.25) is 0 Å². The molecular weight excluding hydrogens is 370 g/mol. The molecule has 7 nitrogen and oxygen atoms in total. The summed E-state index contributed by atoms with van der Waals surface area (Å²) in [6.07, 6.45) is 1.66. The number of aryl methyl sites for hydroxylation is 1. The van der Waals surface area contributed by atoms with Crippen molar-refractivity contribution in [2.75, 3.05) is 33.4 Å². The molecule has 0 aliphatic carbocycles. The molecule has 3 N–H and O–H groups in total. The summed E-state index contributed by atoms with van der Waals surface area (Å²) in [5.74, 6) is -0.258. The number of ether oxygens (including phenoxy) is 1. The van der Waals surface area contributed by atoms with Crippen molar-refractivity contribution in [3.8, 4) is 11.1 Å². The highest BCUT2D eigenvalue weighted by Gasteiger charge is 2.11. The number of carbonyl (C=O) groups excluding carboxylic acids is 2. The molecule has 0 saturated carbocycles. The van der Waals surface area contributed by atoms with Gasteiger partial charge in [0.15, 0.2) is 0 Å². The van der Waals surface area contributed by atoms with Gasteiger partial charge < -0.3 is 15.4 Å². The van der Waals surface area contributed by atoms with Gasteiger partial charge in [0.05, 0.1) is 6.54 Å². The molecule has 0 fully saturated rings. The van der Waals surface area contributed by atoms with Crippen molar-refractivity contribution < 1.29 is 19.5 Å². The molecule has 2 aromatic carbocycles. The molecule has 0 aliphatic rings. The Labute approximate surface area is 171 Å². The van der Waals surface area contributed by atoms with Gasteiger partial charge in [0.1, 0.15) is 0 Å². The number of methoxy groups -OCH3 is 1. The molecule has 0 atom stereocenters. The maximum atomic E-state index is 12.2. The third kappa shape index (κ3) is 7.21. The molecule has 0 aliphatic heterocycles. The zero-order valence-electron chi connectivity index (χ0n) is 17.0. The molecule has 29 heavy (non-hydrogen) atoms. The van der Waals surface area contributed by atoms with Crippen molar-refractivity contribution in [1.82, 2.24) is 15.7 Å². The summed E-state index contributed by atoms with van der Waals surface area (Å²) in [4.78, 5) is 23.9. The maximum absolute atomic E-state index is 12.2. The number of benzene rings is 2. The van der Waals surface area contributed by atoms with Crippen LogP contribution in [0, 0.1) is 0 Å². The Morgan fingerprint density at radius 1 is 0.966 bits per heavy atom. The molecule has 7 heteroatoms. The van der Waals surface area contributed by atoms with Gasteiger partial charge in [-0.1, -0.05) is 43.3 Å². The Morgan fingerprint density at radius 2 is 1.59 bits per heavy atom. The van der Waals surface area contributed by atoms with Crippen molar-refractivity contribution >= 4 is 11.9 Å². The van der Waals surface area contributed by atoms with E-state index >= 15 is 0 Å². The van der Waals surface area contributed by atoms with Gasteiger partial charge in [-0.05, 0) is 41.7 Å². The monoisotopic (exact) mass is 399 g/mol. The number of urea groups is 1. The summed E-state index contributed by atoms with van der Waals surface area (Å²) in [6, 6.07) is 15.1. The summed E-state index contributed by atoms with van der Waals surface area (Å²) >= 11 is 0. The molecule has 0 radical (unpaired) electrons. The fraction of sp³-hybridized carbons (Fsp3) is 0.364.